The summed E-state index contributed by atoms with van der Waals surface area (Å²) in [7, 11) is 0. The van der Waals surface area contributed by atoms with Crippen LogP contribution in [0.4, 0.5) is 4.79 Å². The number of hydrogen-bond donors (Lipinski definition) is 3. The second-order valence-electron chi connectivity index (χ2n) is 8.13. The van der Waals surface area contributed by atoms with E-state index < -0.39 is 17.8 Å². The standard InChI is InChI=1S/C20H23ClN4O3/c21-14-4-1-12-9-15-11-24(7-8-25(15)16(12)10-14)17(26)5-6-20(13-2-3-13)18(27)22-19(28)23-20/h1,4,9-10,13,17,26H,2-3,5-8,11H2,(H2,22,23,27,28)/t17?,20-/m0/s1. The Labute approximate surface area is 167 Å². The van der Waals surface area contributed by atoms with Gasteiger partial charge < -0.3 is 15.0 Å². The van der Waals surface area contributed by atoms with Gasteiger partial charge in [0.1, 0.15) is 11.8 Å². The number of imide groups is 1. The molecule has 0 spiro atoms. The Kier molecular flexibility index (Phi) is 4.15. The van der Waals surface area contributed by atoms with Gasteiger partial charge in [-0.2, -0.15) is 0 Å². The largest absolute Gasteiger partial charge is 0.378 e. The van der Waals surface area contributed by atoms with Gasteiger partial charge in [-0.25, -0.2) is 4.79 Å². The van der Waals surface area contributed by atoms with Crippen LogP contribution in [0.3, 0.4) is 0 Å². The SMILES string of the molecule is O=C1NC(=O)[C@](CCC(O)N2CCn3c(cc4ccc(Cl)cc43)C2)(C2CC2)N1. The zero-order valence-corrected chi connectivity index (χ0v) is 16.2. The lowest BCUT2D eigenvalue weighted by Crippen LogP contribution is -2.50. The van der Waals surface area contributed by atoms with Gasteiger partial charge in [-0.1, -0.05) is 17.7 Å². The summed E-state index contributed by atoms with van der Waals surface area (Å²) in [5.41, 5.74) is 1.42. The van der Waals surface area contributed by atoms with Gasteiger partial charge in [0.2, 0.25) is 0 Å². The van der Waals surface area contributed by atoms with Gasteiger partial charge in [0.05, 0.1) is 0 Å². The van der Waals surface area contributed by atoms with Gasteiger partial charge >= 0.3 is 6.03 Å². The van der Waals surface area contributed by atoms with E-state index in [1.807, 2.05) is 23.1 Å². The highest BCUT2D eigenvalue weighted by atomic mass is 35.5. The average molecular weight is 403 g/mol. The first-order valence-electron chi connectivity index (χ1n) is 9.80. The van der Waals surface area contributed by atoms with Gasteiger partial charge in [-0.3, -0.25) is 15.0 Å². The van der Waals surface area contributed by atoms with Crippen molar-refractivity contribution in [2.45, 2.75) is 50.5 Å². The third kappa shape index (κ3) is 2.89. The number of aliphatic hydroxyl groups excluding tert-OH is 1. The second kappa shape index (κ2) is 6.47. The summed E-state index contributed by atoms with van der Waals surface area (Å²) < 4.78 is 2.25. The summed E-state index contributed by atoms with van der Waals surface area (Å²) in [6, 6.07) is 7.60. The molecule has 1 unspecified atom stereocenters. The van der Waals surface area contributed by atoms with E-state index in [0.717, 1.165) is 47.6 Å². The topological polar surface area (TPSA) is 86.6 Å². The normalized spacial score (nSPS) is 26.2. The van der Waals surface area contributed by atoms with Crippen LogP contribution >= 0.6 is 11.6 Å². The Balaban J connectivity index is 1.29. The van der Waals surface area contributed by atoms with Crippen molar-refractivity contribution in [2.75, 3.05) is 6.54 Å². The van der Waals surface area contributed by atoms with Crippen molar-refractivity contribution in [1.82, 2.24) is 20.1 Å². The first-order chi connectivity index (χ1) is 13.5. The van der Waals surface area contributed by atoms with Crippen molar-refractivity contribution >= 4 is 34.4 Å². The molecule has 3 amide bonds. The molecule has 2 atom stereocenters. The highest BCUT2D eigenvalue weighted by molar-refractivity contribution is 6.31. The molecule has 1 aromatic heterocycles. The maximum atomic E-state index is 12.4. The number of urea groups is 1. The summed E-state index contributed by atoms with van der Waals surface area (Å²) in [6.45, 7) is 2.14. The molecule has 28 heavy (non-hydrogen) atoms. The van der Waals surface area contributed by atoms with Crippen LogP contribution in [0, 0.1) is 5.92 Å². The number of halogens is 1. The van der Waals surface area contributed by atoms with Gasteiger partial charge in [-0.15, -0.1) is 0 Å². The molecule has 8 heteroatoms. The third-order valence-electron chi connectivity index (χ3n) is 6.39. The molecule has 3 aliphatic rings. The smallest absolute Gasteiger partial charge is 0.322 e. The Bertz CT molecular complexity index is 970. The lowest BCUT2D eigenvalue weighted by atomic mass is 9.87. The molecule has 1 saturated carbocycles. The zero-order chi connectivity index (χ0) is 19.5. The zero-order valence-electron chi connectivity index (χ0n) is 15.4. The van der Waals surface area contributed by atoms with Crippen molar-refractivity contribution in [1.29, 1.82) is 0 Å². The number of aliphatic hydroxyl groups is 1. The maximum Gasteiger partial charge on any atom is 0.322 e. The van der Waals surface area contributed by atoms with E-state index >= 15 is 0 Å². The summed E-state index contributed by atoms with van der Waals surface area (Å²) >= 11 is 6.14. The lowest BCUT2D eigenvalue weighted by molar-refractivity contribution is -0.125. The van der Waals surface area contributed by atoms with E-state index in [1.54, 1.807) is 0 Å². The van der Waals surface area contributed by atoms with Crippen molar-refractivity contribution < 1.29 is 14.7 Å². The van der Waals surface area contributed by atoms with Crippen molar-refractivity contribution in [3.05, 3.63) is 35.0 Å². The molecule has 2 aliphatic heterocycles. The molecule has 148 valence electrons. The van der Waals surface area contributed by atoms with E-state index in [0.29, 0.717) is 19.4 Å². The Morgan fingerprint density at radius 1 is 1.25 bits per heavy atom. The Hall–Kier alpha value is -2.09. The molecule has 3 N–H and O–H groups in total. The highest BCUT2D eigenvalue weighted by Gasteiger charge is 2.55. The van der Waals surface area contributed by atoms with Crippen LogP contribution in [0.15, 0.2) is 24.3 Å². The van der Waals surface area contributed by atoms with Crippen molar-refractivity contribution in [2.24, 2.45) is 5.92 Å². The average Bonchev–Trinajstić information content (AvgIpc) is 3.40. The first-order valence-corrected chi connectivity index (χ1v) is 10.2. The number of rotatable bonds is 5. The minimum absolute atomic E-state index is 0.180. The van der Waals surface area contributed by atoms with E-state index in [-0.39, 0.29) is 11.8 Å². The highest BCUT2D eigenvalue weighted by Crippen LogP contribution is 2.44. The quantitative estimate of drug-likeness (QED) is 0.669. The van der Waals surface area contributed by atoms with E-state index in [1.165, 1.54) is 0 Å². The molecule has 0 bridgehead atoms. The number of amides is 3. The minimum atomic E-state index is -0.848. The molecule has 1 aliphatic carbocycles. The number of benzene rings is 1. The fourth-order valence-corrected chi connectivity index (χ4v) is 4.90. The lowest BCUT2D eigenvalue weighted by Gasteiger charge is -2.34. The summed E-state index contributed by atoms with van der Waals surface area (Å²) in [6.07, 6.45) is 2.12. The fourth-order valence-electron chi connectivity index (χ4n) is 4.74. The molecule has 7 nitrogen and oxygen atoms in total. The second-order valence-corrected chi connectivity index (χ2v) is 8.57. The van der Waals surface area contributed by atoms with Crippen LogP contribution in [0.25, 0.3) is 10.9 Å². The predicted molar refractivity (Wildman–Crippen MR) is 105 cm³/mol. The molecule has 3 heterocycles. The Morgan fingerprint density at radius 2 is 2.07 bits per heavy atom. The van der Waals surface area contributed by atoms with Crippen LogP contribution in [-0.4, -0.2) is 44.8 Å². The van der Waals surface area contributed by atoms with Gasteiger partial charge in [0, 0.05) is 41.3 Å². The predicted octanol–water partition coefficient (Wildman–Crippen LogP) is 2.20. The Morgan fingerprint density at radius 3 is 2.79 bits per heavy atom. The van der Waals surface area contributed by atoms with Crippen LogP contribution < -0.4 is 10.6 Å². The molecule has 2 aromatic rings. The maximum absolute atomic E-state index is 12.4. The molecule has 2 fully saturated rings. The number of nitrogens with zero attached hydrogens (tertiary/aromatic N) is 2. The minimum Gasteiger partial charge on any atom is -0.378 e. The molecule has 1 aromatic carbocycles. The molecule has 1 saturated heterocycles. The van der Waals surface area contributed by atoms with Crippen LogP contribution in [-0.2, 0) is 17.9 Å². The number of carbonyl (C=O) groups is 2. The molecule has 0 radical (unpaired) electrons. The van der Waals surface area contributed by atoms with Crippen molar-refractivity contribution in [3.63, 3.8) is 0 Å². The number of carbonyl (C=O) groups excluding carboxylic acids is 2. The van der Waals surface area contributed by atoms with E-state index in [2.05, 4.69) is 21.3 Å². The summed E-state index contributed by atoms with van der Waals surface area (Å²) in [5.74, 6) is -0.0670. The van der Waals surface area contributed by atoms with Crippen molar-refractivity contribution in [3.8, 4) is 0 Å². The number of fused-ring (bicyclic) bond motifs is 3. The molecular formula is C20H23ClN4O3. The number of nitrogens with one attached hydrogen (secondary N) is 2. The van der Waals surface area contributed by atoms with E-state index in [9.17, 15) is 14.7 Å². The number of hydrogen-bond acceptors (Lipinski definition) is 4. The number of aromatic nitrogens is 1. The van der Waals surface area contributed by atoms with Gasteiger partial charge in [0.15, 0.2) is 0 Å². The summed E-state index contributed by atoms with van der Waals surface area (Å²) in [5, 5.41) is 17.9. The first kappa shape index (κ1) is 18.0. The van der Waals surface area contributed by atoms with Gasteiger partial charge in [-0.05, 0) is 49.8 Å². The van der Waals surface area contributed by atoms with E-state index in [4.69, 9.17) is 11.6 Å². The van der Waals surface area contributed by atoms with Crippen LogP contribution in [0.1, 0.15) is 31.4 Å². The van der Waals surface area contributed by atoms with Crippen LogP contribution in [0.5, 0.6) is 0 Å². The summed E-state index contributed by atoms with van der Waals surface area (Å²) in [4.78, 5) is 26.1. The third-order valence-corrected chi connectivity index (χ3v) is 6.62. The monoisotopic (exact) mass is 402 g/mol. The fraction of sp³-hybridized carbons (Fsp3) is 0.500. The van der Waals surface area contributed by atoms with Crippen LogP contribution in [0.2, 0.25) is 5.02 Å². The molecular weight excluding hydrogens is 380 g/mol. The van der Waals surface area contributed by atoms with Gasteiger partial charge in [0.25, 0.3) is 5.91 Å². The molecule has 5 rings (SSSR count).